The van der Waals surface area contributed by atoms with Crippen molar-refractivity contribution in [2.75, 3.05) is 25.7 Å². The molecule has 0 atom stereocenters. The lowest BCUT2D eigenvalue weighted by atomic mass is 9.87. The molecular formula is C30H31N3O4. The average Bonchev–Trinajstić information content (AvgIpc) is 3.56. The van der Waals surface area contributed by atoms with Gasteiger partial charge in [-0.15, -0.1) is 0 Å². The Kier molecular flexibility index (Phi) is 6.61. The number of rotatable bonds is 7. The SMILES string of the molecule is CNc1ccc(-c2oc(-c3ccc(C(C)(C)C)cc3)nc2C(=O)NCCc2ccc3c(c2)OCO3)cc1. The third-order valence-corrected chi connectivity index (χ3v) is 6.41. The van der Waals surface area contributed by atoms with Crippen LogP contribution in [0.1, 0.15) is 42.4 Å². The van der Waals surface area contributed by atoms with E-state index in [9.17, 15) is 4.79 Å². The molecule has 7 nitrogen and oxygen atoms in total. The van der Waals surface area contributed by atoms with Crippen molar-refractivity contribution in [3.63, 3.8) is 0 Å². The molecule has 2 heterocycles. The molecule has 1 amide bonds. The van der Waals surface area contributed by atoms with Crippen molar-refractivity contribution < 1.29 is 18.7 Å². The van der Waals surface area contributed by atoms with Gasteiger partial charge in [0.25, 0.3) is 5.91 Å². The summed E-state index contributed by atoms with van der Waals surface area (Å²) in [5.74, 6) is 2.05. The number of fused-ring (bicyclic) bond motifs is 1. The summed E-state index contributed by atoms with van der Waals surface area (Å²) in [5, 5.41) is 6.10. The van der Waals surface area contributed by atoms with Crippen LogP contribution >= 0.6 is 0 Å². The Morgan fingerprint density at radius 1 is 0.919 bits per heavy atom. The summed E-state index contributed by atoms with van der Waals surface area (Å²) in [6.45, 7) is 7.20. The Morgan fingerprint density at radius 3 is 2.32 bits per heavy atom. The summed E-state index contributed by atoms with van der Waals surface area (Å²) in [6.07, 6.45) is 0.646. The largest absolute Gasteiger partial charge is 0.454 e. The second kappa shape index (κ2) is 10.0. The number of aromatic nitrogens is 1. The van der Waals surface area contributed by atoms with Crippen LogP contribution in [0.4, 0.5) is 5.69 Å². The van der Waals surface area contributed by atoms with E-state index >= 15 is 0 Å². The molecule has 2 N–H and O–H groups in total. The number of hydrogen-bond donors (Lipinski definition) is 2. The van der Waals surface area contributed by atoms with Crippen molar-refractivity contribution in [2.24, 2.45) is 0 Å². The molecular weight excluding hydrogens is 466 g/mol. The van der Waals surface area contributed by atoms with Crippen LogP contribution in [0.2, 0.25) is 0 Å². The molecule has 190 valence electrons. The maximum Gasteiger partial charge on any atom is 0.273 e. The minimum atomic E-state index is -0.283. The van der Waals surface area contributed by atoms with Crippen LogP contribution in [0.15, 0.2) is 71.1 Å². The Bertz CT molecular complexity index is 1400. The van der Waals surface area contributed by atoms with Gasteiger partial charge in [-0.25, -0.2) is 4.98 Å². The van der Waals surface area contributed by atoms with Crippen molar-refractivity contribution in [1.29, 1.82) is 0 Å². The van der Waals surface area contributed by atoms with E-state index in [1.807, 2.05) is 61.6 Å². The summed E-state index contributed by atoms with van der Waals surface area (Å²) in [7, 11) is 1.86. The number of benzene rings is 3. The highest BCUT2D eigenvalue weighted by atomic mass is 16.7. The smallest absolute Gasteiger partial charge is 0.273 e. The van der Waals surface area contributed by atoms with Crippen LogP contribution in [0, 0.1) is 0 Å². The molecule has 0 saturated heterocycles. The standard InChI is InChI=1S/C30H31N3O4/c1-30(2,3)22-10-6-21(7-11-22)29-33-26(27(37-29)20-8-12-23(31-4)13-9-20)28(34)32-16-15-19-5-14-24-25(17-19)36-18-35-24/h5-14,17,31H,15-16,18H2,1-4H3,(H,32,34). The maximum absolute atomic E-state index is 13.3. The molecule has 0 bridgehead atoms. The number of carbonyl (C=O) groups excluding carboxylic acids is 1. The molecule has 37 heavy (non-hydrogen) atoms. The van der Waals surface area contributed by atoms with Crippen LogP contribution in [-0.4, -0.2) is 31.3 Å². The third kappa shape index (κ3) is 5.31. The van der Waals surface area contributed by atoms with Crippen LogP contribution in [0.25, 0.3) is 22.8 Å². The van der Waals surface area contributed by atoms with Gasteiger partial charge in [0.05, 0.1) is 0 Å². The minimum Gasteiger partial charge on any atom is -0.454 e. The molecule has 3 aromatic carbocycles. The van der Waals surface area contributed by atoms with Crippen molar-refractivity contribution in [2.45, 2.75) is 32.6 Å². The molecule has 1 aromatic heterocycles. The Labute approximate surface area is 216 Å². The van der Waals surface area contributed by atoms with Crippen LogP contribution in [-0.2, 0) is 11.8 Å². The van der Waals surface area contributed by atoms with Crippen molar-refractivity contribution in [3.8, 4) is 34.3 Å². The predicted octanol–water partition coefficient (Wildman–Crippen LogP) is 6.05. The lowest BCUT2D eigenvalue weighted by molar-refractivity contribution is 0.0950. The Hall–Kier alpha value is -4.26. The number of amides is 1. The maximum atomic E-state index is 13.3. The quantitative estimate of drug-likeness (QED) is 0.323. The summed E-state index contributed by atoms with van der Waals surface area (Å²) in [4.78, 5) is 17.9. The number of anilines is 1. The second-order valence-corrected chi connectivity index (χ2v) is 10.0. The fraction of sp³-hybridized carbons (Fsp3) is 0.267. The average molecular weight is 498 g/mol. The summed E-state index contributed by atoms with van der Waals surface area (Å²) < 4.78 is 17.0. The van der Waals surface area contributed by atoms with Gasteiger partial charge in [-0.1, -0.05) is 39.0 Å². The van der Waals surface area contributed by atoms with Crippen LogP contribution in [0.3, 0.4) is 0 Å². The van der Waals surface area contributed by atoms with E-state index in [4.69, 9.17) is 13.9 Å². The van der Waals surface area contributed by atoms with E-state index in [0.717, 1.165) is 33.9 Å². The molecule has 5 rings (SSSR count). The number of oxazole rings is 1. The van der Waals surface area contributed by atoms with Crippen molar-refractivity contribution in [3.05, 3.63) is 83.6 Å². The summed E-state index contributed by atoms with van der Waals surface area (Å²) in [6, 6.07) is 21.7. The highest BCUT2D eigenvalue weighted by Gasteiger charge is 2.23. The lowest BCUT2D eigenvalue weighted by Crippen LogP contribution is -2.26. The van der Waals surface area contributed by atoms with E-state index in [1.165, 1.54) is 5.56 Å². The van der Waals surface area contributed by atoms with Crippen LogP contribution in [0.5, 0.6) is 11.5 Å². The fourth-order valence-electron chi connectivity index (χ4n) is 4.19. The molecule has 0 spiro atoms. The summed E-state index contributed by atoms with van der Waals surface area (Å²) in [5.41, 5.74) is 5.14. The first-order valence-corrected chi connectivity index (χ1v) is 12.4. The number of hydrogen-bond acceptors (Lipinski definition) is 6. The zero-order valence-electron chi connectivity index (χ0n) is 21.6. The first kappa shape index (κ1) is 24.4. The molecule has 7 heteroatoms. The van der Waals surface area contributed by atoms with E-state index < -0.39 is 0 Å². The minimum absolute atomic E-state index is 0.0400. The topological polar surface area (TPSA) is 85.6 Å². The van der Waals surface area contributed by atoms with Gasteiger partial charge < -0.3 is 24.5 Å². The van der Waals surface area contributed by atoms with Crippen molar-refractivity contribution in [1.82, 2.24) is 10.3 Å². The van der Waals surface area contributed by atoms with Gasteiger partial charge in [0, 0.05) is 30.4 Å². The second-order valence-electron chi connectivity index (χ2n) is 10.0. The number of carbonyl (C=O) groups is 1. The third-order valence-electron chi connectivity index (χ3n) is 6.41. The van der Waals surface area contributed by atoms with Gasteiger partial charge in [-0.3, -0.25) is 4.79 Å². The van der Waals surface area contributed by atoms with Gasteiger partial charge >= 0.3 is 0 Å². The highest BCUT2D eigenvalue weighted by Crippen LogP contribution is 2.33. The molecule has 1 aliphatic rings. The van der Waals surface area contributed by atoms with Gasteiger partial charge in [0.15, 0.2) is 23.0 Å². The van der Waals surface area contributed by atoms with Gasteiger partial charge in [0.1, 0.15) is 0 Å². The van der Waals surface area contributed by atoms with Crippen LogP contribution < -0.4 is 20.1 Å². The predicted molar refractivity (Wildman–Crippen MR) is 144 cm³/mol. The van der Waals surface area contributed by atoms with Gasteiger partial charge in [-0.05, 0) is 71.5 Å². The molecule has 0 unspecified atom stereocenters. The van der Waals surface area contributed by atoms with Gasteiger partial charge in [0.2, 0.25) is 12.7 Å². The van der Waals surface area contributed by atoms with Gasteiger partial charge in [-0.2, -0.15) is 0 Å². The lowest BCUT2D eigenvalue weighted by Gasteiger charge is -2.18. The van der Waals surface area contributed by atoms with Crippen molar-refractivity contribution >= 4 is 11.6 Å². The molecule has 0 radical (unpaired) electrons. The molecule has 4 aromatic rings. The zero-order valence-corrected chi connectivity index (χ0v) is 21.6. The highest BCUT2D eigenvalue weighted by molar-refractivity contribution is 5.98. The number of ether oxygens (including phenoxy) is 2. The molecule has 0 saturated carbocycles. The van der Waals surface area contributed by atoms with E-state index in [2.05, 4.69) is 48.5 Å². The van der Waals surface area contributed by atoms with E-state index in [1.54, 1.807) is 0 Å². The monoisotopic (exact) mass is 497 g/mol. The Balaban J connectivity index is 1.39. The zero-order chi connectivity index (χ0) is 26.0. The number of nitrogens with one attached hydrogen (secondary N) is 2. The first-order chi connectivity index (χ1) is 17.8. The molecule has 0 fully saturated rings. The molecule has 1 aliphatic heterocycles. The fourth-order valence-corrected chi connectivity index (χ4v) is 4.19. The Morgan fingerprint density at radius 2 is 1.62 bits per heavy atom. The molecule has 0 aliphatic carbocycles. The van der Waals surface area contributed by atoms with E-state index in [-0.39, 0.29) is 23.8 Å². The first-order valence-electron chi connectivity index (χ1n) is 12.4. The number of nitrogens with zero attached hydrogens (tertiary/aromatic N) is 1. The summed E-state index contributed by atoms with van der Waals surface area (Å²) >= 11 is 0. The normalized spacial score (nSPS) is 12.4. The van der Waals surface area contributed by atoms with E-state index in [0.29, 0.717) is 24.6 Å².